The number of ether oxygens (including phenoxy) is 3. The monoisotopic (exact) mass is 206 g/mol. The van der Waals surface area contributed by atoms with Gasteiger partial charge in [-0.2, -0.15) is 0 Å². The standard InChI is InChI=1S/C9H18O5/c1-4-5-6(10)7(11)8(12-2)9(13-3)14-5/h5-11H,4H2,1-3H3. The van der Waals surface area contributed by atoms with Crippen LogP contribution in [0.15, 0.2) is 0 Å². The van der Waals surface area contributed by atoms with Crippen LogP contribution in [-0.4, -0.2) is 55.1 Å². The van der Waals surface area contributed by atoms with Gasteiger partial charge >= 0.3 is 0 Å². The largest absolute Gasteiger partial charge is 0.388 e. The Morgan fingerprint density at radius 1 is 1.14 bits per heavy atom. The van der Waals surface area contributed by atoms with Crippen LogP contribution in [-0.2, 0) is 14.2 Å². The summed E-state index contributed by atoms with van der Waals surface area (Å²) in [6.07, 6.45) is -2.93. The minimum atomic E-state index is -0.969. The van der Waals surface area contributed by atoms with Crippen molar-refractivity contribution in [3.8, 4) is 0 Å². The summed E-state index contributed by atoms with van der Waals surface area (Å²) in [5.74, 6) is 0. The van der Waals surface area contributed by atoms with Crippen LogP contribution in [0, 0.1) is 0 Å². The predicted octanol–water partition coefficient (Wildman–Crippen LogP) is -0.496. The third kappa shape index (κ3) is 2.07. The average Bonchev–Trinajstić information content (AvgIpc) is 2.21. The second-order valence-electron chi connectivity index (χ2n) is 3.37. The molecule has 1 saturated heterocycles. The Balaban J connectivity index is 2.71. The maximum atomic E-state index is 9.71. The molecule has 0 bridgehead atoms. The fourth-order valence-corrected chi connectivity index (χ4v) is 1.68. The van der Waals surface area contributed by atoms with Crippen LogP contribution in [0.4, 0.5) is 0 Å². The Bertz CT molecular complexity index is 173. The molecule has 0 aromatic carbocycles. The van der Waals surface area contributed by atoms with Crippen LogP contribution in [0.5, 0.6) is 0 Å². The lowest BCUT2D eigenvalue weighted by Crippen LogP contribution is -2.58. The van der Waals surface area contributed by atoms with Crippen molar-refractivity contribution in [3.63, 3.8) is 0 Å². The number of aliphatic hydroxyl groups excluding tert-OH is 2. The zero-order chi connectivity index (χ0) is 10.7. The summed E-state index contributed by atoms with van der Waals surface area (Å²) in [7, 11) is 2.93. The predicted molar refractivity (Wildman–Crippen MR) is 48.8 cm³/mol. The normalized spacial score (nSPS) is 43.9. The zero-order valence-electron chi connectivity index (χ0n) is 8.71. The van der Waals surface area contributed by atoms with Crippen LogP contribution in [0.25, 0.3) is 0 Å². The molecular formula is C9H18O5. The highest BCUT2D eigenvalue weighted by Gasteiger charge is 2.44. The van der Waals surface area contributed by atoms with Crippen molar-refractivity contribution < 1.29 is 24.4 Å². The Hall–Kier alpha value is -0.200. The van der Waals surface area contributed by atoms with E-state index < -0.39 is 30.7 Å². The molecule has 0 aromatic heterocycles. The van der Waals surface area contributed by atoms with E-state index in [0.717, 1.165) is 0 Å². The minimum Gasteiger partial charge on any atom is -0.388 e. The number of methoxy groups -OCH3 is 2. The molecule has 5 nitrogen and oxygen atoms in total. The maximum Gasteiger partial charge on any atom is 0.186 e. The van der Waals surface area contributed by atoms with E-state index in [1.807, 2.05) is 6.92 Å². The summed E-state index contributed by atoms with van der Waals surface area (Å²) < 4.78 is 15.5. The topological polar surface area (TPSA) is 68.2 Å². The molecule has 14 heavy (non-hydrogen) atoms. The molecule has 5 atom stereocenters. The van der Waals surface area contributed by atoms with Crippen LogP contribution < -0.4 is 0 Å². The van der Waals surface area contributed by atoms with Gasteiger partial charge in [-0.1, -0.05) is 6.92 Å². The second-order valence-corrected chi connectivity index (χ2v) is 3.37. The van der Waals surface area contributed by atoms with Gasteiger partial charge in [-0.15, -0.1) is 0 Å². The van der Waals surface area contributed by atoms with Crippen LogP contribution in [0.2, 0.25) is 0 Å². The summed E-state index contributed by atoms with van der Waals surface area (Å²) >= 11 is 0. The molecule has 5 unspecified atom stereocenters. The Kier molecular flexibility index (Phi) is 4.28. The first-order valence-electron chi connectivity index (χ1n) is 4.72. The highest BCUT2D eigenvalue weighted by molar-refractivity contribution is 4.89. The Morgan fingerprint density at radius 3 is 2.21 bits per heavy atom. The highest BCUT2D eigenvalue weighted by Crippen LogP contribution is 2.24. The number of aliphatic hydroxyl groups is 2. The Labute approximate surface area is 83.6 Å². The third-order valence-corrected chi connectivity index (χ3v) is 2.55. The molecule has 1 rings (SSSR count). The molecule has 1 heterocycles. The first-order valence-corrected chi connectivity index (χ1v) is 4.72. The molecule has 0 radical (unpaired) electrons. The van der Waals surface area contributed by atoms with E-state index in [0.29, 0.717) is 6.42 Å². The van der Waals surface area contributed by atoms with Crippen molar-refractivity contribution in [3.05, 3.63) is 0 Å². The van der Waals surface area contributed by atoms with Gasteiger partial charge < -0.3 is 24.4 Å². The van der Waals surface area contributed by atoms with Gasteiger partial charge in [0.15, 0.2) is 6.29 Å². The molecule has 0 aliphatic carbocycles. The van der Waals surface area contributed by atoms with Gasteiger partial charge in [-0.25, -0.2) is 0 Å². The smallest absolute Gasteiger partial charge is 0.186 e. The van der Waals surface area contributed by atoms with Crippen molar-refractivity contribution in [2.75, 3.05) is 14.2 Å². The maximum absolute atomic E-state index is 9.71. The summed E-state index contributed by atoms with van der Waals surface area (Å²) in [6.45, 7) is 1.88. The first kappa shape index (κ1) is 11.9. The van der Waals surface area contributed by atoms with Crippen molar-refractivity contribution in [2.45, 2.75) is 44.1 Å². The lowest BCUT2D eigenvalue weighted by molar-refractivity contribution is -0.295. The fourth-order valence-electron chi connectivity index (χ4n) is 1.68. The number of rotatable bonds is 3. The van der Waals surface area contributed by atoms with E-state index in [2.05, 4.69) is 0 Å². The summed E-state index contributed by atoms with van der Waals surface area (Å²) in [6, 6.07) is 0. The first-order chi connectivity index (χ1) is 6.65. The van der Waals surface area contributed by atoms with Gasteiger partial charge in [0.25, 0.3) is 0 Å². The molecule has 0 aromatic rings. The molecule has 1 fully saturated rings. The molecule has 0 saturated carbocycles. The lowest BCUT2D eigenvalue weighted by Gasteiger charge is -2.41. The van der Waals surface area contributed by atoms with E-state index in [-0.39, 0.29) is 0 Å². The summed E-state index contributed by atoms with van der Waals surface area (Å²) in [5, 5.41) is 19.3. The van der Waals surface area contributed by atoms with Gasteiger partial charge in [0.2, 0.25) is 0 Å². The van der Waals surface area contributed by atoms with Gasteiger partial charge in [0.05, 0.1) is 6.10 Å². The van der Waals surface area contributed by atoms with Crippen LogP contribution >= 0.6 is 0 Å². The number of hydrogen-bond donors (Lipinski definition) is 2. The van der Waals surface area contributed by atoms with Crippen molar-refractivity contribution >= 4 is 0 Å². The van der Waals surface area contributed by atoms with Gasteiger partial charge in [0, 0.05) is 14.2 Å². The van der Waals surface area contributed by atoms with Crippen LogP contribution in [0.3, 0.4) is 0 Å². The van der Waals surface area contributed by atoms with E-state index in [1.165, 1.54) is 14.2 Å². The summed E-state index contributed by atoms with van der Waals surface area (Å²) in [5.41, 5.74) is 0. The zero-order valence-corrected chi connectivity index (χ0v) is 8.71. The van der Waals surface area contributed by atoms with Crippen molar-refractivity contribution in [1.29, 1.82) is 0 Å². The second kappa shape index (κ2) is 5.04. The van der Waals surface area contributed by atoms with Crippen molar-refractivity contribution in [2.24, 2.45) is 0 Å². The quantitative estimate of drug-likeness (QED) is 0.652. The highest BCUT2D eigenvalue weighted by atomic mass is 16.7. The lowest BCUT2D eigenvalue weighted by atomic mass is 9.97. The van der Waals surface area contributed by atoms with Crippen LogP contribution in [0.1, 0.15) is 13.3 Å². The van der Waals surface area contributed by atoms with Gasteiger partial charge in [-0.05, 0) is 6.42 Å². The SMILES string of the molecule is CCC1OC(OC)C(OC)C(O)C1O. The van der Waals surface area contributed by atoms with E-state index in [1.54, 1.807) is 0 Å². The van der Waals surface area contributed by atoms with E-state index in [9.17, 15) is 10.2 Å². The molecule has 5 heteroatoms. The molecule has 0 amide bonds. The molecule has 1 aliphatic heterocycles. The molecule has 2 N–H and O–H groups in total. The molecule has 0 spiro atoms. The van der Waals surface area contributed by atoms with Gasteiger partial charge in [-0.3, -0.25) is 0 Å². The Morgan fingerprint density at radius 2 is 1.79 bits per heavy atom. The number of hydrogen-bond acceptors (Lipinski definition) is 5. The van der Waals surface area contributed by atoms with Gasteiger partial charge in [0.1, 0.15) is 18.3 Å². The van der Waals surface area contributed by atoms with E-state index in [4.69, 9.17) is 14.2 Å². The fraction of sp³-hybridized carbons (Fsp3) is 1.00. The average molecular weight is 206 g/mol. The minimum absolute atomic E-state index is 0.402. The van der Waals surface area contributed by atoms with E-state index >= 15 is 0 Å². The molecule has 84 valence electrons. The van der Waals surface area contributed by atoms with Crippen molar-refractivity contribution in [1.82, 2.24) is 0 Å². The summed E-state index contributed by atoms with van der Waals surface area (Å²) in [4.78, 5) is 0. The molecular weight excluding hydrogens is 188 g/mol. The third-order valence-electron chi connectivity index (χ3n) is 2.55. The molecule has 1 aliphatic rings.